The van der Waals surface area contributed by atoms with Crippen LogP contribution in [0.5, 0.6) is 11.5 Å². The quantitative estimate of drug-likeness (QED) is 0.724. The van der Waals surface area contributed by atoms with Crippen LogP contribution in [0.1, 0.15) is 32.3 Å². The monoisotopic (exact) mass is 366 g/mol. The van der Waals surface area contributed by atoms with Crippen LogP contribution in [0, 0.1) is 0 Å². The lowest BCUT2D eigenvalue weighted by Crippen LogP contribution is -2.42. The Balaban J connectivity index is 1.85. The standard InChI is InChI=1S/C18H26N2O6/c1-11(8-13-4-6-15-16(9-13)25-10-24-15)20(3)18(23)26-12(2)14(19)5-7-17(21)22/h4,6,9,11-12,14H,5,7-8,10,19H2,1-3H3,(H,21,22). The Kier molecular flexibility index (Phi) is 6.68. The van der Waals surface area contributed by atoms with E-state index in [0.717, 1.165) is 11.3 Å². The number of hydrogen-bond acceptors (Lipinski definition) is 6. The van der Waals surface area contributed by atoms with Gasteiger partial charge in [-0.05, 0) is 44.4 Å². The van der Waals surface area contributed by atoms with Crippen molar-refractivity contribution in [1.29, 1.82) is 0 Å². The molecule has 1 heterocycles. The Hall–Kier alpha value is -2.48. The summed E-state index contributed by atoms with van der Waals surface area (Å²) in [7, 11) is 1.66. The summed E-state index contributed by atoms with van der Waals surface area (Å²) in [4.78, 5) is 24.4. The van der Waals surface area contributed by atoms with E-state index in [9.17, 15) is 9.59 Å². The minimum atomic E-state index is -0.923. The molecular weight excluding hydrogens is 340 g/mol. The fourth-order valence-corrected chi connectivity index (χ4v) is 2.58. The van der Waals surface area contributed by atoms with Crippen molar-refractivity contribution >= 4 is 12.1 Å². The van der Waals surface area contributed by atoms with Crippen molar-refractivity contribution in [3.63, 3.8) is 0 Å². The van der Waals surface area contributed by atoms with Gasteiger partial charge in [-0.2, -0.15) is 0 Å². The number of benzene rings is 1. The molecule has 0 saturated carbocycles. The van der Waals surface area contributed by atoms with Gasteiger partial charge in [0.15, 0.2) is 11.5 Å². The Labute approximate surface area is 152 Å². The number of fused-ring (bicyclic) bond motifs is 1. The lowest BCUT2D eigenvalue weighted by molar-refractivity contribution is -0.137. The van der Waals surface area contributed by atoms with E-state index in [1.165, 1.54) is 4.90 Å². The van der Waals surface area contributed by atoms with Crippen molar-refractivity contribution in [2.24, 2.45) is 5.73 Å². The van der Waals surface area contributed by atoms with Gasteiger partial charge in [0.25, 0.3) is 0 Å². The van der Waals surface area contributed by atoms with E-state index >= 15 is 0 Å². The lowest BCUT2D eigenvalue weighted by Gasteiger charge is -2.28. The maximum absolute atomic E-state index is 12.3. The first-order chi connectivity index (χ1) is 12.3. The van der Waals surface area contributed by atoms with Crippen molar-refractivity contribution in [3.05, 3.63) is 23.8 Å². The van der Waals surface area contributed by atoms with Gasteiger partial charge in [-0.15, -0.1) is 0 Å². The molecule has 1 amide bonds. The zero-order valence-corrected chi connectivity index (χ0v) is 15.3. The molecule has 1 aliphatic heterocycles. The van der Waals surface area contributed by atoms with Crippen LogP contribution in [0.4, 0.5) is 4.79 Å². The second-order valence-corrected chi connectivity index (χ2v) is 6.54. The molecule has 0 radical (unpaired) electrons. The molecule has 0 fully saturated rings. The normalized spacial score (nSPS) is 15.8. The molecule has 1 aromatic rings. The van der Waals surface area contributed by atoms with E-state index in [0.29, 0.717) is 12.2 Å². The number of ether oxygens (including phenoxy) is 3. The van der Waals surface area contributed by atoms with Crippen molar-refractivity contribution in [2.45, 2.75) is 51.3 Å². The average molecular weight is 366 g/mol. The summed E-state index contributed by atoms with van der Waals surface area (Å²) in [6, 6.07) is 5.07. The number of carboxylic acids is 1. The Morgan fingerprint density at radius 3 is 2.69 bits per heavy atom. The van der Waals surface area contributed by atoms with Gasteiger partial charge in [-0.1, -0.05) is 6.07 Å². The van der Waals surface area contributed by atoms with Crippen molar-refractivity contribution in [1.82, 2.24) is 4.90 Å². The maximum Gasteiger partial charge on any atom is 0.410 e. The molecule has 26 heavy (non-hydrogen) atoms. The van der Waals surface area contributed by atoms with Crippen LogP contribution >= 0.6 is 0 Å². The number of rotatable bonds is 8. The zero-order chi connectivity index (χ0) is 19.3. The summed E-state index contributed by atoms with van der Waals surface area (Å²) in [6.45, 7) is 3.81. The van der Waals surface area contributed by atoms with Crippen molar-refractivity contribution in [3.8, 4) is 11.5 Å². The zero-order valence-electron chi connectivity index (χ0n) is 15.3. The molecule has 3 atom stereocenters. The van der Waals surface area contributed by atoms with Crippen LogP contribution < -0.4 is 15.2 Å². The van der Waals surface area contributed by atoms with Crippen molar-refractivity contribution in [2.75, 3.05) is 13.8 Å². The summed E-state index contributed by atoms with van der Waals surface area (Å²) in [6.07, 6.45) is -0.236. The van der Waals surface area contributed by atoms with Gasteiger partial charge in [-0.3, -0.25) is 4.79 Å². The second-order valence-electron chi connectivity index (χ2n) is 6.54. The molecule has 3 N–H and O–H groups in total. The number of carbonyl (C=O) groups excluding carboxylic acids is 1. The first-order valence-corrected chi connectivity index (χ1v) is 8.57. The topological polar surface area (TPSA) is 111 Å². The van der Waals surface area contributed by atoms with Gasteiger partial charge in [-0.25, -0.2) is 4.79 Å². The highest BCUT2D eigenvalue weighted by Gasteiger charge is 2.24. The van der Waals surface area contributed by atoms with Crippen LogP contribution in [0.2, 0.25) is 0 Å². The Morgan fingerprint density at radius 2 is 2.00 bits per heavy atom. The molecule has 8 heteroatoms. The second kappa shape index (κ2) is 8.75. The number of nitrogens with two attached hydrogens (primary N) is 1. The number of carboxylic acid groups (broad SMARTS) is 1. The van der Waals surface area contributed by atoms with E-state index in [1.54, 1.807) is 14.0 Å². The summed E-state index contributed by atoms with van der Waals surface area (Å²) in [5.41, 5.74) is 6.90. The average Bonchev–Trinajstić information content (AvgIpc) is 3.06. The number of likely N-dealkylation sites (N-methyl/N-ethyl adjacent to an activating group) is 1. The maximum atomic E-state index is 12.3. The van der Waals surface area contributed by atoms with E-state index in [1.807, 2.05) is 25.1 Å². The molecule has 0 aromatic heterocycles. The van der Waals surface area contributed by atoms with Crippen molar-refractivity contribution < 1.29 is 28.9 Å². The van der Waals surface area contributed by atoms with Gasteiger partial charge in [0, 0.05) is 25.6 Å². The predicted octanol–water partition coefficient (Wildman–Crippen LogP) is 2.00. The third kappa shape index (κ3) is 5.26. The van der Waals surface area contributed by atoms with Gasteiger partial charge < -0.3 is 30.0 Å². The third-order valence-electron chi connectivity index (χ3n) is 4.50. The van der Waals surface area contributed by atoms with Crippen LogP contribution in [0.25, 0.3) is 0 Å². The largest absolute Gasteiger partial charge is 0.481 e. The molecule has 144 valence electrons. The van der Waals surface area contributed by atoms with Gasteiger partial charge in [0.05, 0.1) is 0 Å². The van der Waals surface area contributed by atoms with Gasteiger partial charge in [0.2, 0.25) is 6.79 Å². The molecule has 3 unspecified atom stereocenters. The van der Waals surface area contributed by atoms with Gasteiger partial charge >= 0.3 is 12.1 Å². The minimum absolute atomic E-state index is 0.0561. The van der Waals surface area contributed by atoms with Crippen LogP contribution in [-0.4, -0.2) is 54.1 Å². The number of aliphatic carboxylic acids is 1. The van der Waals surface area contributed by atoms with Gasteiger partial charge in [0.1, 0.15) is 6.10 Å². The van der Waals surface area contributed by atoms with E-state index < -0.39 is 24.2 Å². The molecular formula is C18H26N2O6. The number of nitrogens with zero attached hydrogens (tertiary/aromatic N) is 1. The SMILES string of the molecule is CC(OC(=O)N(C)C(C)Cc1ccc2c(c1)OCO2)C(N)CCC(=O)O. The first kappa shape index (κ1) is 19.8. The summed E-state index contributed by atoms with van der Waals surface area (Å²) < 4.78 is 16.0. The van der Waals surface area contributed by atoms with Crippen LogP contribution in [0.3, 0.4) is 0 Å². The Morgan fingerprint density at radius 1 is 1.31 bits per heavy atom. The molecule has 1 aromatic carbocycles. The van der Waals surface area contributed by atoms with E-state index in [-0.39, 0.29) is 25.7 Å². The third-order valence-corrected chi connectivity index (χ3v) is 4.50. The molecule has 0 aliphatic carbocycles. The smallest absolute Gasteiger partial charge is 0.410 e. The number of hydrogen-bond donors (Lipinski definition) is 2. The minimum Gasteiger partial charge on any atom is -0.481 e. The molecule has 0 spiro atoms. The van der Waals surface area contributed by atoms with E-state index in [2.05, 4.69) is 0 Å². The fourth-order valence-electron chi connectivity index (χ4n) is 2.58. The number of carbonyl (C=O) groups is 2. The van der Waals surface area contributed by atoms with Crippen LogP contribution in [-0.2, 0) is 16.0 Å². The first-order valence-electron chi connectivity index (χ1n) is 8.57. The summed E-state index contributed by atoms with van der Waals surface area (Å²) in [5, 5.41) is 8.70. The molecule has 1 aliphatic rings. The molecule has 8 nitrogen and oxygen atoms in total. The Bertz CT molecular complexity index is 651. The molecule has 0 saturated heterocycles. The summed E-state index contributed by atoms with van der Waals surface area (Å²) >= 11 is 0. The van der Waals surface area contributed by atoms with E-state index in [4.69, 9.17) is 25.1 Å². The highest BCUT2D eigenvalue weighted by molar-refractivity contribution is 5.68. The fraction of sp³-hybridized carbons (Fsp3) is 0.556. The highest BCUT2D eigenvalue weighted by atomic mass is 16.7. The lowest BCUT2D eigenvalue weighted by atomic mass is 10.1. The number of amides is 1. The summed E-state index contributed by atoms with van der Waals surface area (Å²) in [5.74, 6) is 0.504. The van der Waals surface area contributed by atoms with Crippen LogP contribution in [0.15, 0.2) is 18.2 Å². The highest BCUT2D eigenvalue weighted by Crippen LogP contribution is 2.33. The molecule has 2 rings (SSSR count). The predicted molar refractivity (Wildman–Crippen MR) is 94.3 cm³/mol. The molecule has 0 bridgehead atoms.